The van der Waals surface area contributed by atoms with Crippen LogP contribution in [0.1, 0.15) is 37.4 Å². The van der Waals surface area contributed by atoms with Crippen molar-refractivity contribution in [2.24, 2.45) is 0 Å². The number of aryl methyl sites for hydroxylation is 1. The Morgan fingerprint density at radius 2 is 1.94 bits per heavy atom. The van der Waals surface area contributed by atoms with E-state index in [-0.39, 0.29) is 18.7 Å². The second kappa shape index (κ2) is 6.07. The highest BCUT2D eigenvalue weighted by molar-refractivity contribution is 5.27. The molecule has 17 heavy (non-hydrogen) atoms. The van der Waals surface area contributed by atoms with Gasteiger partial charge < -0.3 is 10.4 Å². The molecule has 96 valence electrons. The summed E-state index contributed by atoms with van der Waals surface area (Å²) < 4.78 is 27.0. The molecular formula is C13H19F2NO. The van der Waals surface area contributed by atoms with Crippen LogP contribution in [0.4, 0.5) is 8.78 Å². The van der Waals surface area contributed by atoms with Crippen LogP contribution in [0, 0.1) is 18.6 Å². The van der Waals surface area contributed by atoms with Gasteiger partial charge in [0.2, 0.25) is 0 Å². The van der Waals surface area contributed by atoms with Crippen molar-refractivity contribution in [3.8, 4) is 0 Å². The van der Waals surface area contributed by atoms with E-state index >= 15 is 0 Å². The van der Waals surface area contributed by atoms with E-state index in [1.165, 1.54) is 19.1 Å². The Morgan fingerprint density at radius 1 is 1.29 bits per heavy atom. The van der Waals surface area contributed by atoms with Gasteiger partial charge in [0.25, 0.3) is 0 Å². The summed E-state index contributed by atoms with van der Waals surface area (Å²) in [5, 5.41) is 12.1. The second-order valence-corrected chi connectivity index (χ2v) is 4.30. The van der Waals surface area contributed by atoms with Gasteiger partial charge in [0.15, 0.2) is 0 Å². The van der Waals surface area contributed by atoms with Gasteiger partial charge in [0, 0.05) is 17.6 Å². The Balaban J connectivity index is 2.88. The Hall–Kier alpha value is -1.00. The Morgan fingerprint density at radius 3 is 2.47 bits per heavy atom. The number of rotatable bonds is 5. The maximum absolute atomic E-state index is 13.7. The van der Waals surface area contributed by atoms with E-state index < -0.39 is 11.6 Å². The molecule has 2 nitrogen and oxygen atoms in total. The molecule has 0 radical (unpaired) electrons. The number of hydrogen-bond acceptors (Lipinski definition) is 2. The minimum atomic E-state index is -0.420. The largest absolute Gasteiger partial charge is 0.395 e. The van der Waals surface area contributed by atoms with Crippen molar-refractivity contribution in [3.63, 3.8) is 0 Å². The third-order valence-electron chi connectivity index (χ3n) is 2.94. The minimum absolute atomic E-state index is 0.0171. The first-order valence-electron chi connectivity index (χ1n) is 5.82. The molecule has 0 aromatic heterocycles. The predicted octanol–water partition coefficient (Wildman–Crippen LogP) is 2.69. The van der Waals surface area contributed by atoms with Gasteiger partial charge in [-0.15, -0.1) is 0 Å². The summed E-state index contributed by atoms with van der Waals surface area (Å²) in [5.74, 6) is -0.830. The van der Waals surface area contributed by atoms with E-state index in [9.17, 15) is 8.78 Å². The average Bonchev–Trinajstić information content (AvgIpc) is 2.30. The van der Waals surface area contributed by atoms with Gasteiger partial charge in [-0.1, -0.05) is 6.92 Å². The minimum Gasteiger partial charge on any atom is -0.395 e. The Bertz CT molecular complexity index is 378. The van der Waals surface area contributed by atoms with Gasteiger partial charge >= 0.3 is 0 Å². The van der Waals surface area contributed by atoms with Crippen LogP contribution in [-0.2, 0) is 0 Å². The summed E-state index contributed by atoms with van der Waals surface area (Å²) in [4.78, 5) is 0. The van der Waals surface area contributed by atoms with E-state index in [0.717, 1.165) is 6.42 Å². The van der Waals surface area contributed by atoms with Gasteiger partial charge in [-0.2, -0.15) is 0 Å². The fourth-order valence-corrected chi connectivity index (χ4v) is 1.74. The van der Waals surface area contributed by atoms with Crippen LogP contribution in [0.2, 0.25) is 0 Å². The molecular weight excluding hydrogens is 224 g/mol. The first kappa shape index (κ1) is 14.1. The molecule has 0 spiro atoms. The molecule has 0 fully saturated rings. The molecule has 2 N–H and O–H groups in total. The lowest BCUT2D eigenvalue weighted by atomic mass is 10.0. The Kier molecular flexibility index (Phi) is 5.02. The fourth-order valence-electron chi connectivity index (χ4n) is 1.74. The lowest BCUT2D eigenvalue weighted by Gasteiger charge is -2.21. The number of nitrogens with one attached hydrogen (secondary N) is 1. The molecule has 0 bridgehead atoms. The number of halogens is 2. The van der Waals surface area contributed by atoms with E-state index in [2.05, 4.69) is 5.32 Å². The molecule has 2 atom stereocenters. The monoisotopic (exact) mass is 243 g/mol. The molecule has 4 heteroatoms. The van der Waals surface area contributed by atoms with Crippen molar-refractivity contribution in [2.75, 3.05) is 6.61 Å². The molecule has 1 rings (SSSR count). The van der Waals surface area contributed by atoms with Crippen LogP contribution in [-0.4, -0.2) is 17.8 Å². The van der Waals surface area contributed by atoms with E-state index in [1.54, 1.807) is 6.92 Å². The summed E-state index contributed by atoms with van der Waals surface area (Å²) in [5.41, 5.74) is 0.590. The molecule has 0 aliphatic rings. The summed E-state index contributed by atoms with van der Waals surface area (Å²) in [6.07, 6.45) is 0.733. The van der Waals surface area contributed by atoms with Crippen molar-refractivity contribution < 1.29 is 13.9 Å². The third kappa shape index (κ3) is 3.48. The molecule has 0 heterocycles. The number of hydrogen-bond donors (Lipinski definition) is 2. The summed E-state index contributed by atoms with van der Waals surface area (Å²) >= 11 is 0. The summed E-state index contributed by atoms with van der Waals surface area (Å²) in [6, 6.07) is 1.98. The maximum Gasteiger partial charge on any atom is 0.128 e. The van der Waals surface area contributed by atoms with Crippen LogP contribution in [0.3, 0.4) is 0 Å². The number of aliphatic hydroxyl groups is 1. The van der Waals surface area contributed by atoms with Gasteiger partial charge in [0.05, 0.1) is 6.61 Å². The molecule has 0 saturated heterocycles. The third-order valence-corrected chi connectivity index (χ3v) is 2.94. The lowest BCUT2D eigenvalue weighted by molar-refractivity contribution is 0.229. The van der Waals surface area contributed by atoms with Gasteiger partial charge in [0.1, 0.15) is 11.6 Å². The van der Waals surface area contributed by atoms with Gasteiger partial charge in [-0.25, -0.2) is 8.78 Å². The van der Waals surface area contributed by atoms with Crippen LogP contribution in [0.25, 0.3) is 0 Å². The number of aliphatic hydroxyl groups excluding tert-OH is 1. The highest BCUT2D eigenvalue weighted by Gasteiger charge is 2.16. The molecule has 0 saturated carbocycles. The van der Waals surface area contributed by atoms with Crippen LogP contribution < -0.4 is 5.32 Å². The van der Waals surface area contributed by atoms with Crippen molar-refractivity contribution in [1.29, 1.82) is 0 Å². The molecule has 1 unspecified atom stereocenters. The molecule has 0 aliphatic carbocycles. The van der Waals surface area contributed by atoms with Crippen LogP contribution in [0.5, 0.6) is 0 Å². The van der Waals surface area contributed by atoms with Gasteiger partial charge in [-0.05, 0) is 38.0 Å². The standard InChI is InChI=1S/C13H19F2NO/c1-4-10(7-17)16-9(3)11-6-12(14)8(2)5-13(11)15/h5-6,9-10,16-17H,4,7H2,1-3H3/t9?,10-/m1/s1. The van der Waals surface area contributed by atoms with Crippen molar-refractivity contribution in [3.05, 3.63) is 34.9 Å². The second-order valence-electron chi connectivity index (χ2n) is 4.30. The highest BCUT2D eigenvalue weighted by Crippen LogP contribution is 2.21. The topological polar surface area (TPSA) is 32.3 Å². The normalized spacial score (nSPS) is 14.7. The highest BCUT2D eigenvalue weighted by atomic mass is 19.1. The molecule has 0 amide bonds. The van der Waals surface area contributed by atoms with Crippen molar-refractivity contribution in [1.82, 2.24) is 5.32 Å². The van der Waals surface area contributed by atoms with Crippen LogP contribution >= 0.6 is 0 Å². The average molecular weight is 243 g/mol. The number of benzene rings is 1. The predicted molar refractivity (Wildman–Crippen MR) is 63.8 cm³/mol. The summed E-state index contributed by atoms with van der Waals surface area (Å²) in [6.45, 7) is 5.19. The summed E-state index contributed by atoms with van der Waals surface area (Å²) in [7, 11) is 0. The van der Waals surface area contributed by atoms with E-state index in [1.807, 2.05) is 6.92 Å². The van der Waals surface area contributed by atoms with E-state index in [4.69, 9.17) is 5.11 Å². The zero-order valence-corrected chi connectivity index (χ0v) is 10.4. The van der Waals surface area contributed by atoms with Gasteiger partial charge in [-0.3, -0.25) is 0 Å². The van der Waals surface area contributed by atoms with Crippen molar-refractivity contribution in [2.45, 2.75) is 39.3 Å². The molecule has 1 aromatic carbocycles. The van der Waals surface area contributed by atoms with Crippen LogP contribution in [0.15, 0.2) is 12.1 Å². The first-order valence-corrected chi connectivity index (χ1v) is 5.82. The zero-order valence-electron chi connectivity index (χ0n) is 10.4. The zero-order chi connectivity index (χ0) is 13.0. The fraction of sp³-hybridized carbons (Fsp3) is 0.538. The molecule has 1 aromatic rings. The maximum atomic E-state index is 13.7. The lowest BCUT2D eigenvalue weighted by Crippen LogP contribution is -2.34. The SMILES string of the molecule is CC[C@H](CO)NC(C)c1cc(F)c(C)cc1F. The quantitative estimate of drug-likeness (QED) is 0.833. The molecule has 0 aliphatic heterocycles. The van der Waals surface area contributed by atoms with Crippen molar-refractivity contribution >= 4 is 0 Å². The smallest absolute Gasteiger partial charge is 0.128 e. The Labute approximate surface area is 101 Å². The van der Waals surface area contributed by atoms with E-state index in [0.29, 0.717) is 11.1 Å². The first-order chi connectivity index (χ1) is 7.99.